The van der Waals surface area contributed by atoms with Crippen LogP contribution in [0.15, 0.2) is 60.2 Å². The van der Waals surface area contributed by atoms with Gasteiger partial charge in [-0.15, -0.1) is 0 Å². The number of hydrogen-bond acceptors (Lipinski definition) is 6. The van der Waals surface area contributed by atoms with Gasteiger partial charge in [-0.05, 0) is 73.0 Å². The van der Waals surface area contributed by atoms with E-state index in [1.54, 1.807) is 12.1 Å². The lowest BCUT2D eigenvalue weighted by Crippen LogP contribution is -2.54. The van der Waals surface area contributed by atoms with Gasteiger partial charge in [0.25, 0.3) is 17.7 Å². The molecule has 3 aromatic carbocycles. The third-order valence-electron chi connectivity index (χ3n) is 6.00. The van der Waals surface area contributed by atoms with E-state index in [0.717, 1.165) is 16.0 Å². The van der Waals surface area contributed by atoms with Crippen molar-refractivity contribution in [3.63, 3.8) is 0 Å². The fourth-order valence-electron chi connectivity index (χ4n) is 3.79. The molecule has 2 N–H and O–H groups in total. The van der Waals surface area contributed by atoms with Crippen LogP contribution in [0.25, 0.3) is 6.08 Å². The van der Waals surface area contributed by atoms with Gasteiger partial charge in [-0.1, -0.05) is 41.4 Å². The number of halogens is 2. The Balaban J connectivity index is 1.52. The fourth-order valence-corrected chi connectivity index (χ4v) is 4.08. The van der Waals surface area contributed by atoms with Crippen molar-refractivity contribution in [3.05, 3.63) is 86.9 Å². The molecule has 3 aromatic rings. The number of barbiturate groups is 1. The molecule has 1 saturated heterocycles. The molecule has 4 rings (SSSR count). The van der Waals surface area contributed by atoms with Gasteiger partial charge in [-0.3, -0.25) is 19.7 Å². The zero-order valence-electron chi connectivity index (χ0n) is 21.1. The van der Waals surface area contributed by atoms with Crippen molar-refractivity contribution in [3.8, 4) is 11.5 Å². The minimum Gasteiger partial charge on any atom is -0.493 e. The van der Waals surface area contributed by atoms with Gasteiger partial charge in [0.15, 0.2) is 18.1 Å². The van der Waals surface area contributed by atoms with Crippen LogP contribution in [0, 0.1) is 13.8 Å². The van der Waals surface area contributed by atoms with Crippen LogP contribution >= 0.6 is 23.2 Å². The number of nitrogens with zero attached hydrogens (tertiary/aromatic N) is 1. The summed E-state index contributed by atoms with van der Waals surface area (Å²) in [7, 11) is 1.42. The number of benzene rings is 3. The SMILES string of the molecule is COc1cc(/C=C2/C(=O)NC(=O)N(c3ccc(Cl)c(Cl)c3)C2=O)ccc1OCC(=O)Nc1cccc(C)c1C. The van der Waals surface area contributed by atoms with Crippen LogP contribution in [0.2, 0.25) is 10.0 Å². The number of imide groups is 2. The summed E-state index contributed by atoms with van der Waals surface area (Å²) in [4.78, 5) is 51.3. The molecule has 0 bridgehead atoms. The second-order valence-electron chi connectivity index (χ2n) is 8.55. The van der Waals surface area contributed by atoms with E-state index in [2.05, 4.69) is 10.6 Å². The maximum atomic E-state index is 13.1. The first-order chi connectivity index (χ1) is 18.6. The number of hydrogen-bond donors (Lipinski definition) is 2. The maximum absolute atomic E-state index is 13.1. The minimum atomic E-state index is -0.916. The summed E-state index contributed by atoms with van der Waals surface area (Å²) in [5.41, 5.74) is 2.98. The van der Waals surface area contributed by atoms with Crippen LogP contribution in [0.5, 0.6) is 11.5 Å². The Morgan fingerprint density at radius 1 is 1.00 bits per heavy atom. The van der Waals surface area contributed by atoms with Gasteiger partial charge in [0.05, 0.1) is 22.8 Å². The summed E-state index contributed by atoms with van der Waals surface area (Å²) < 4.78 is 11.0. The van der Waals surface area contributed by atoms with Crippen molar-refractivity contribution in [2.75, 3.05) is 23.9 Å². The molecule has 0 radical (unpaired) electrons. The molecule has 39 heavy (non-hydrogen) atoms. The molecule has 0 aromatic heterocycles. The van der Waals surface area contributed by atoms with Crippen molar-refractivity contribution >= 4 is 64.4 Å². The Morgan fingerprint density at radius 3 is 2.49 bits per heavy atom. The molecule has 0 atom stereocenters. The highest BCUT2D eigenvalue weighted by molar-refractivity contribution is 6.43. The highest BCUT2D eigenvalue weighted by Gasteiger charge is 2.37. The number of anilines is 2. The molecule has 1 aliphatic heterocycles. The average Bonchev–Trinajstić information content (AvgIpc) is 2.90. The number of ether oxygens (including phenoxy) is 2. The molecule has 1 aliphatic rings. The number of carbonyl (C=O) groups is 4. The Morgan fingerprint density at radius 2 is 1.77 bits per heavy atom. The van der Waals surface area contributed by atoms with Gasteiger partial charge in [0.2, 0.25) is 0 Å². The summed E-state index contributed by atoms with van der Waals surface area (Å²) in [6.45, 7) is 3.60. The number of nitrogens with one attached hydrogen (secondary N) is 2. The standard InChI is InChI=1S/C28H23Cl2N3O6/c1-15-5-4-6-22(16(15)2)31-25(34)14-39-23-10-7-17(12-24(23)38-3)11-19-26(35)32-28(37)33(27(19)36)18-8-9-20(29)21(30)13-18/h4-13H,14H2,1-3H3,(H,31,34)(H,32,35,37)/b19-11-. The molecule has 5 amide bonds. The molecule has 11 heteroatoms. The van der Waals surface area contributed by atoms with Gasteiger partial charge < -0.3 is 14.8 Å². The smallest absolute Gasteiger partial charge is 0.335 e. The first-order valence-corrected chi connectivity index (χ1v) is 12.4. The second kappa shape index (κ2) is 11.6. The Kier molecular flexibility index (Phi) is 8.23. The van der Waals surface area contributed by atoms with E-state index >= 15 is 0 Å². The maximum Gasteiger partial charge on any atom is 0.335 e. The molecule has 0 saturated carbocycles. The Labute approximate surface area is 234 Å². The first-order valence-electron chi connectivity index (χ1n) is 11.6. The summed E-state index contributed by atoms with van der Waals surface area (Å²) >= 11 is 12.0. The molecule has 1 heterocycles. The van der Waals surface area contributed by atoms with Crippen LogP contribution in [-0.4, -0.2) is 37.5 Å². The minimum absolute atomic E-state index is 0.139. The molecule has 200 valence electrons. The predicted molar refractivity (Wildman–Crippen MR) is 148 cm³/mol. The van der Waals surface area contributed by atoms with Crippen LogP contribution in [0.1, 0.15) is 16.7 Å². The van der Waals surface area contributed by atoms with E-state index in [9.17, 15) is 19.2 Å². The monoisotopic (exact) mass is 567 g/mol. The lowest BCUT2D eigenvalue weighted by Gasteiger charge is -2.26. The zero-order chi connectivity index (χ0) is 28.3. The zero-order valence-corrected chi connectivity index (χ0v) is 22.6. The highest BCUT2D eigenvalue weighted by atomic mass is 35.5. The molecular weight excluding hydrogens is 545 g/mol. The van der Waals surface area contributed by atoms with Crippen LogP contribution in [0.3, 0.4) is 0 Å². The van der Waals surface area contributed by atoms with E-state index < -0.39 is 17.8 Å². The number of rotatable bonds is 7. The number of aryl methyl sites for hydroxylation is 1. The first kappa shape index (κ1) is 27.7. The van der Waals surface area contributed by atoms with Gasteiger partial charge in [-0.2, -0.15) is 0 Å². The average molecular weight is 568 g/mol. The summed E-state index contributed by atoms with van der Waals surface area (Å²) in [5, 5.41) is 5.35. The summed E-state index contributed by atoms with van der Waals surface area (Å²) in [6, 6.07) is 13.6. The van der Waals surface area contributed by atoms with Gasteiger partial charge in [-0.25, -0.2) is 9.69 Å². The number of carbonyl (C=O) groups excluding carboxylic acids is 4. The van der Waals surface area contributed by atoms with E-state index in [1.807, 2.05) is 32.0 Å². The van der Waals surface area contributed by atoms with Crippen LogP contribution in [0.4, 0.5) is 16.2 Å². The van der Waals surface area contributed by atoms with Gasteiger partial charge in [0, 0.05) is 5.69 Å². The predicted octanol–water partition coefficient (Wildman–Crippen LogP) is 5.30. The van der Waals surface area contributed by atoms with E-state index in [1.165, 1.54) is 37.5 Å². The van der Waals surface area contributed by atoms with E-state index in [-0.39, 0.29) is 45.3 Å². The molecule has 9 nitrogen and oxygen atoms in total. The molecule has 0 spiro atoms. The summed E-state index contributed by atoms with van der Waals surface area (Å²) in [6.07, 6.45) is 1.31. The van der Waals surface area contributed by atoms with Crippen LogP contribution < -0.4 is 25.0 Å². The van der Waals surface area contributed by atoms with E-state index in [0.29, 0.717) is 11.3 Å². The quantitative estimate of drug-likeness (QED) is 0.295. The molecule has 1 fully saturated rings. The van der Waals surface area contributed by atoms with Crippen LogP contribution in [-0.2, 0) is 14.4 Å². The van der Waals surface area contributed by atoms with Gasteiger partial charge in [0.1, 0.15) is 5.57 Å². The lowest BCUT2D eigenvalue weighted by atomic mass is 10.1. The number of urea groups is 1. The molecule has 0 unspecified atom stereocenters. The third-order valence-corrected chi connectivity index (χ3v) is 6.74. The second-order valence-corrected chi connectivity index (χ2v) is 9.37. The Bertz CT molecular complexity index is 1540. The molecule has 0 aliphatic carbocycles. The van der Waals surface area contributed by atoms with Crippen molar-refractivity contribution in [2.24, 2.45) is 0 Å². The van der Waals surface area contributed by atoms with Gasteiger partial charge >= 0.3 is 6.03 Å². The fraction of sp³-hybridized carbons (Fsp3) is 0.143. The largest absolute Gasteiger partial charge is 0.493 e. The number of amides is 5. The normalized spacial score (nSPS) is 14.3. The molecular formula is C28H23Cl2N3O6. The van der Waals surface area contributed by atoms with Crippen molar-refractivity contribution in [1.82, 2.24) is 5.32 Å². The number of methoxy groups -OCH3 is 1. The van der Waals surface area contributed by atoms with Crippen molar-refractivity contribution < 1.29 is 28.7 Å². The van der Waals surface area contributed by atoms with Crippen molar-refractivity contribution in [1.29, 1.82) is 0 Å². The highest BCUT2D eigenvalue weighted by Crippen LogP contribution is 2.31. The summed E-state index contributed by atoms with van der Waals surface area (Å²) in [5.74, 6) is -1.51. The van der Waals surface area contributed by atoms with E-state index in [4.69, 9.17) is 32.7 Å². The third kappa shape index (κ3) is 6.05. The Hall–Kier alpha value is -4.34. The topological polar surface area (TPSA) is 114 Å². The lowest BCUT2D eigenvalue weighted by molar-refractivity contribution is -0.122. The van der Waals surface area contributed by atoms with Crippen molar-refractivity contribution in [2.45, 2.75) is 13.8 Å².